The van der Waals surface area contributed by atoms with E-state index in [4.69, 9.17) is 4.74 Å². The number of nitrogens with zero attached hydrogens (tertiary/aromatic N) is 2. The van der Waals surface area contributed by atoms with Crippen LogP contribution in [0, 0.1) is 0 Å². The van der Waals surface area contributed by atoms with Crippen LogP contribution in [0.3, 0.4) is 0 Å². The summed E-state index contributed by atoms with van der Waals surface area (Å²) in [6.07, 6.45) is 5.99. The van der Waals surface area contributed by atoms with Gasteiger partial charge in [0, 0.05) is 30.5 Å². The van der Waals surface area contributed by atoms with E-state index in [1.165, 1.54) is 6.20 Å². The first kappa shape index (κ1) is 19.9. The first-order chi connectivity index (χ1) is 13.5. The van der Waals surface area contributed by atoms with Crippen molar-refractivity contribution in [2.45, 2.75) is 45.6 Å². The number of anilines is 1. The predicted molar refractivity (Wildman–Crippen MR) is 109 cm³/mol. The van der Waals surface area contributed by atoms with Gasteiger partial charge in [-0.25, -0.2) is 0 Å². The first-order valence-corrected chi connectivity index (χ1v) is 9.86. The van der Waals surface area contributed by atoms with Crippen molar-refractivity contribution in [1.82, 2.24) is 9.88 Å². The highest BCUT2D eigenvalue weighted by Crippen LogP contribution is 2.18. The topological polar surface area (TPSA) is 71.5 Å². The molecule has 2 aromatic rings. The molecule has 1 aliphatic heterocycles. The Balaban J connectivity index is 1.67. The first-order valence-electron chi connectivity index (χ1n) is 9.86. The molecule has 2 amide bonds. The number of benzene rings is 1. The lowest BCUT2D eigenvalue weighted by Gasteiger charge is -2.20. The summed E-state index contributed by atoms with van der Waals surface area (Å²) in [5.41, 5.74) is 1.37. The number of rotatable bonds is 5. The Bertz CT molecular complexity index is 810. The van der Waals surface area contributed by atoms with Crippen molar-refractivity contribution in [3.05, 3.63) is 53.9 Å². The zero-order valence-electron chi connectivity index (χ0n) is 16.5. The lowest BCUT2D eigenvalue weighted by atomic mass is 10.2. The van der Waals surface area contributed by atoms with Crippen LogP contribution in [0.4, 0.5) is 5.69 Å². The van der Waals surface area contributed by atoms with E-state index in [-0.39, 0.29) is 23.6 Å². The molecule has 1 aliphatic rings. The maximum absolute atomic E-state index is 12.8. The Kier molecular flexibility index (Phi) is 6.63. The zero-order valence-corrected chi connectivity index (χ0v) is 16.5. The van der Waals surface area contributed by atoms with E-state index in [0.717, 1.165) is 44.5 Å². The molecule has 0 aliphatic carbocycles. The van der Waals surface area contributed by atoms with Gasteiger partial charge in [-0.1, -0.05) is 12.8 Å². The van der Waals surface area contributed by atoms with E-state index in [2.05, 4.69) is 10.3 Å². The minimum absolute atomic E-state index is 0.0338. The molecule has 1 fully saturated rings. The molecule has 6 heteroatoms. The van der Waals surface area contributed by atoms with Gasteiger partial charge in [-0.2, -0.15) is 0 Å². The van der Waals surface area contributed by atoms with Crippen molar-refractivity contribution in [2.24, 2.45) is 0 Å². The summed E-state index contributed by atoms with van der Waals surface area (Å²) in [4.78, 5) is 31.3. The maximum atomic E-state index is 12.8. The summed E-state index contributed by atoms with van der Waals surface area (Å²) in [6, 6.07) is 10.4. The van der Waals surface area contributed by atoms with Crippen molar-refractivity contribution >= 4 is 17.5 Å². The molecule has 0 spiro atoms. The molecule has 1 saturated heterocycles. The normalized spacial score (nSPS) is 14.5. The largest absolute Gasteiger partial charge is 0.491 e. The van der Waals surface area contributed by atoms with Crippen LogP contribution < -0.4 is 10.1 Å². The molecular weight excluding hydrogens is 354 g/mol. The second-order valence-electron chi connectivity index (χ2n) is 7.28. The van der Waals surface area contributed by atoms with E-state index in [0.29, 0.717) is 11.3 Å². The van der Waals surface area contributed by atoms with Crippen LogP contribution >= 0.6 is 0 Å². The minimum Gasteiger partial charge on any atom is -0.491 e. The Morgan fingerprint density at radius 3 is 2.36 bits per heavy atom. The summed E-state index contributed by atoms with van der Waals surface area (Å²) >= 11 is 0. The minimum atomic E-state index is -0.344. The van der Waals surface area contributed by atoms with E-state index >= 15 is 0 Å². The third kappa shape index (κ3) is 5.31. The van der Waals surface area contributed by atoms with Gasteiger partial charge >= 0.3 is 0 Å². The zero-order chi connectivity index (χ0) is 19.9. The molecule has 1 aromatic heterocycles. The van der Waals surface area contributed by atoms with Crippen molar-refractivity contribution in [3.8, 4) is 5.75 Å². The number of carbonyl (C=O) groups excluding carboxylic acids is 2. The Morgan fingerprint density at radius 1 is 1.04 bits per heavy atom. The van der Waals surface area contributed by atoms with Gasteiger partial charge in [0.25, 0.3) is 11.8 Å². The van der Waals surface area contributed by atoms with Gasteiger partial charge in [-0.15, -0.1) is 0 Å². The quantitative estimate of drug-likeness (QED) is 0.845. The molecule has 0 bridgehead atoms. The lowest BCUT2D eigenvalue weighted by molar-refractivity contribution is 0.0761. The highest BCUT2D eigenvalue weighted by Gasteiger charge is 2.19. The second-order valence-corrected chi connectivity index (χ2v) is 7.28. The summed E-state index contributed by atoms with van der Waals surface area (Å²) in [7, 11) is 0. The fourth-order valence-electron chi connectivity index (χ4n) is 3.23. The van der Waals surface area contributed by atoms with Crippen LogP contribution in [-0.2, 0) is 0 Å². The molecule has 0 unspecified atom stereocenters. The molecule has 3 rings (SSSR count). The van der Waals surface area contributed by atoms with Gasteiger partial charge in [0.05, 0.1) is 6.10 Å². The fourth-order valence-corrected chi connectivity index (χ4v) is 3.23. The van der Waals surface area contributed by atoms with Crippen LogP contribution in [0.15, 0.2) is 42.6 Å². The van der Waals surface area contributed by atoms with Crippen LogP contribution in [0.1, 0.15) is 60.4 Å². The number of likely N-dealkylation sites (tertiary alicyclic amines) is 1. The number of carbonyl (C=O) groups is 2. The number of aromatic nitrogens is 1. The molecule has 28 heavy (non-hydrogen) atoms. The standard InChI is InChI=1S/C22H27N3O3/c1-16(2)28-19-9-7-18(8-10-19)24-21(26)20-15-17(11-12-23-20)22(27)25-13-5-3-4-6-14-25/h7-12,15-16H,3-6,13-14H2,1-2H3,(H,24,26). The Morgan fingerprint density at radius 2 is 1.71 bits per heavy atom. The summed E-state index contributed by atoms with van der Waals surface area (Å²) in [5, 5.41) is 2.81. The van der Waals surface area contributed by atoms with E-state index < -0.39 is 0 Å². The number of ether oxygens (including phenoxy) is 1. The van der Waals surface area contributed by atoms with Crippen molar-refractivity contribution < 1.29 is 14.3 Å². The lowest BCUT2D eigenvalue weighted by Crippen LogP contribution is -2.32. The van der Waals surface area contributed by atoms with Gasteiger partial charge in [0.15, 0.2) is 0 Å². The van der Waals surface area contributed by atoms with E-state index in [1.54, 1.807) is 24.3 Å². The van der Waals surface area contributed by atoms with Gasteiger partial charge in [0.1, 0.15) is 11.4 Å². The van der Waals surface area contributed by atoms with Crippen LogP contribution in [-0.4, -0.2) is 40.9 Å². The van der Waals surface area contributed by atoms with Gasteiger partial charge in [0.2, 0.25) is 0 Å². The molecule has 1 aromatic carbocycles. The number of nitrogens with one attached hydrogen (secondary N) is 1. The molecule has 0 atom stereocenters. The van der Waals surface area contributed by atoms with Gasteiger partial charge in [-0.05, 0) is 63.1 Å². The summed E-state index contributed by atoms with van der Waals surface area (Å²) in [5.74, 6) is 0.368. The summed E-state index contributed by atoms with van der Waals surface area (Å²) < 4.78 is 5.60. The van der Waals surface area contributed by atoms with Gasteiger partial charge < -0.3 is 15.0 Å². The Hall–Kier alpha value is -2.89. The monoisotopic (exact) mass is 381 g/mol. The fraction of sp³-hybridized carbons (Fsp3) is 0.409. The average molecular weight is 381 g/mol. The highest BCUT2D eigenvalue weighted by molar-refractivity contribution is 6.04. The molecule has 0 saturated carbocycles. The van der Waals surface area contributed by atoms with E-state index in [9.17, 15) is 9.59 Å². The molecule has 0 radical (unpaired) electrons. The molecule has 2 heterocycles. The van der Waals surface area contributed by atoms with Crippen molar-refractivity contribution in [3.63, 3.8) is 0 Å². The van der Waals surface area contributed by atoms with Gasteiger partial charge in [-0.3, -0.25) is 14.6 Å². The Labute approximate surface area is 165 Å². The van der Waals surface area contributed by atoms with Crippen molar-refractivity contribution in [1.29, 1.82) is 0 Å². The number of amides is 2. The van der Waals surface area contributed by atoms with E-state index in [1.807, 2.05) is 30.9 Å². The average Bonchev–Trinajstić information content (AvgIpc) is 2.98. The van der Waals surface area contributed by atoms with Crippen molar-refractivity contribution in [2.75, 3.05) is 18.4 Å². The SMILES string of the molecule is CC(C)Oc1ccc(NC(=O)c2cc(C(=O)N3CCCCCC3)ccn2)cc1. The second kappa shape index (κ2) is 9.35. The number of hydrogen-bond donors (Lipinski definition) is 1. The molecular formula is C22H27N3O3. The summed E-state index contributed by atoms with van der Waals surface area (Å²) in [6.45, 7) is 5.46. The molecule has 1 N–H and O–H groups in total. The number of pyridine rings is 1. The number of hydrogen-bond acceptors (Lipinski definition) is 4. The molecule has 6 nitrogen and oxygen atoms in total. The third-order valence-corrected chi connectivity index (χ3v) is 4.62. The smallest absolute Gasteiger partial charge is 0.274 e. The van der Waals surface area contributed by atoms with Crippen LogP contribution in [0.25, 0.3) is 0 Å². The van der Waals surface area contributed by atoms with Crippen LogP contribution in [0.5, 0.6) is 5.75 Å². The third-order valence-electron chi connectivity index (χ3n) is 4.62. The maximum Gasteiger partial charge on any atom is 0.274 e. The van der Waals surface area contributed by atoms with Crippen LogP contribution in [0.2, 0.25) is 0 Å². The molecule has 148 valence electrons. The predicted octanol–water partition coefficient (Wildman–Crippen LogP) is 4.14. The highest BCUT2D eigenvalue weighted by atomic mass is 16.5.